The summed E-state index contributed by atoms with van der Waals surface area (Å²) in [4.78, 5) is 20.5. The van der Waals surface area contributed by atoms with E-state index in [4.69, 9.17) is 0 Å². The van der Waals surface area contributed by atoms with Crippen LogP contribution in [0.25, 0.3) is 0 Å². The van der Waals surface area contributed by atoms with E-state index in [-0.39, 0.29) is 31.0 Å². The number of nitrogens with one attached hydrogen (secondary N) is 1. The maximum absolute atomic E-state index is 10.7. The molecule has 1 amide bonds. The summed E-state index contributed by atoms with van der Waals surface area (Å²) in [5, 5.41) is 2.36. The normalized spacial score (nSPS) is 12.1. The van der Waals surface area contributed by atoms with Gasteiger partial charge in [0.1, 0.15) is 6.29 Å². The van der Waals surface area contributed by atoms with Crippen molar-refractivity contribution in [2.45, 2.75) is 12.8 Å². The van der Waals surface area contributed by atoms with Crippen LogP contribution in [-0.4, -0.2) is 33.3 Å². The number of amides is 1. The minimum absolute atomic E-state index is 0.0904. The summed E-state index contributed by atoms with van der Waals surface area (Å²) in [6.07, 6.45) is 0.937. The minimum Gasteiger partial charge on any atom is -0.772 e. The van der Waals surface area contributed by atoms with Crippen molar-refractivity contribution < 1.29 is 18.4 Å². The topological polar surface area (TPSA) is 86.3 Å². The SMILES string of the molecule is O=CCCC(=O)NCCS(=O)[O-]. The Labute approximate surface area is 72.8 Å². The molecule has 0 rings (SSSR count). The van der Waals surface area contributed by atoms with Gasteiger partial charge in [-0.3, -0.25) is 9.00 Å². The van der Waals surface area contributed by atoms with E-state index in [0.717, 1.165) is 0 Å². The zero-order chi connectivity index (χ0) is 9.40. The van der Waals surface area contributed by atoms with Gasteiger partial charge in [-0.15, -0.1) is 0 Å². The molecule has 0 aromatic carbocycles. The number of hydrogen-bond acceptors (Lipinski definition) is 4. The monoisotopic (exact) mass is 192 g/mol. The third-order valence-electron chi connectivity index (χ3n) is 1.08. The molecule has 0 aliphatic heterocycles. The molecule has 1 unspecified atom stereocenters. The molecule has 12 heavy (non-hydrogen) atoms. The van der Waals surface area contributed by atoms with Crippen LogP contribution in [0.2, 0.25) is 0 Å². The largest absolute Gasteiger partial charge is 0.772 e. The van der Waals surface area contributed by atoms with E-state index in [1.807, 2.05) is 0 Å². The highest BCUT2D eigenvalue weighted by molar-refractivity contribution is 7.79. The summed E-state index contributed by atoms with van der Waals surface area (Å²) in [5.74, 6) is -0.389. The lowest BCUT2D eigenvalue weighted by atomic mass is 10.3. The summed E-state index contributed by atoms with van der Waals surface area (Å²) >= 11 is -2.12. The van der Waals surface area contributed by atoms with E-state index >= 15 is 0 Å². The van der Waals surface area contributed by atoms with Crippen LogP contribution < -0.4 is 5.32 Å². The highest BCUT2D eigenvalue weighted by Gasteiger charge is 1.98. The zero-order valence-corrected chi connectivity index (χ0v) is 7.26. The summed E-state index contributed by atoms with van der Waals surface area (Å²) in [7, 11) is 0. The third kappa shape index (κ3) is 7.36. The second kappa shape index (κ2) is 6.93. The number of carbonyl (C=O) groups is 2. The molecule has 0 bridgehead atoms. The Morgan fingerprint density at radius 2 is 2.25 bits per heavy atom. The van der Waals surface area contributed by atoms with E-state index in [1.165, 1.54) is 0 Å². The van der Waals surface area contributed by atoms with Gasteiger partial charge in [0.2, 0.25) is 5.91 Å². The van der Waals surface area contributed by atoms with Gasteiger partial charge in [0, 0.05) is 25.1 Å². The van der Waals surface area contributed by atoms with E-state index < -0.39 is 11.1 Å². The van der Waals surface area contributed by atoms with Gasteiger partial charge >= 0.3 is 0 Å². The van der Waals surface area contributed by atoms with Crippen LogP contribution in [-0.2, 0) is 20.7 Å². The maximum atomic E-state index is 10.7. The molecule has 1 atom stereocenters. The molecule has 0 aromatic rings. The van der Waals surface area contributed by atoms with Gasteiger partial charge in [0.05, 0.1) is 0 Å². The van der Waals surface area contributed by atoms with Crippen molar-refractivity contribution in [3.8, 4) is 0 Å². The number of rotatable bonds is 6. The molecule has 5 nitrogen and oxygen atoms in total. The van der Waals surface area contributed by atoms with Gasteiger partial charge in [-0.2, -0.15) is 0 Å². The molecule has 0 spiro atoms. The molecule has 0 saturated carbocycles. The Balaban J connectivity index is 3.31. The Hall–Kier alpha value is -0.750. The van der Waals surface area contributed by atoms with Crippen LogP contribution in [0.15, 0.2) is 0 Å². The Morgan fingerprint density at radius 1 is 1.58 bits per heavy atom. The van der Waals surface area contributed by atoms with E-state index in [1.54, 1.807) is 0 Å². The summed E-state index contributed by atoms with van der Waals surface area (Å²) in [6, 6.07) is 0. The smallest absolute Gasteiger partial charge is 0.220 e. The Morgan fingerprint density at radius 3 is 2.75 bits per heavy atom. The molecule has 0 heterocycles. The van der Waals surface area contributed by atoms with Gasteiger partial charge in [0.25, 0.3) is 0 Å². The van der Waals surface area contributed by atoms with Crippen LogP contribution in [0, 0.1) is 0 Å². The fourth-order valence-electron chi connectivity index (χ4n) is 0.552. The molecule has 0 fully saturated rings. The molecule has 6 heteroatoms. The first-order valence-electron chi connectivity index (χ1n) is 3.43. The molecular weight excluding hydrogens is 182 g/mol. The summed E-state index contributed by atoms with van der Waals surface area (Å²) in [5.41, 5.74) is 0. The van der Waals surface area contributed by atoms with Crippen molar-refractivity contribution in [3.05, 3.63) is 0 Å². The lowest BCUT2D eigenvalue weighted by Gasteiger charge is -2.05. The standard InChI is InChI=1S/C6H11NO4S/c8-4-1-2-6(9)7-3-5-12(10)11/h4H,1-3,5H2,(H,7,9)(H,10,11)/p-1. The number of hydrogen-bond donors (Lipinski definition) is 1. The predicted molar refractivity (Wildman–Crippen MR) is 42.1 cm³/mol. The Kier molecular flexibility index (Phi) is 6.50. The van der Waals surface area contributed by atoms with Crippen molar-refractivity contribution >= 4 is 23.3 Å². The second-order valence-corrected chi connectivity index (χ2v) is 3.08. The van der Waals surface area contributed by atoms with Gasteiger partial charge in [-0.1, -0.05) is 11.1 Å². The van der Waals surface area contributed by atoms with Gasteiger partial charge in [-0.25, -0.2) is 0 Å². The third-order valence-corrected chi connectivity index (χ3v) is 1.62. The predicted octanol–water partition coefficient (Wildman–Crippen LogP) is -1.04. The molecule has 0 aliphatic rings. The van der Waals surface area contributed by atoms with E-state index in [2.05, 4.69) is 5.32 Å². The van der Waals surface area contributed by atoms with Crippen LogP contribution in [0.5, 0.6) is 0 Å². The molecule has 0 radical (unpaired) electrons. The molecule has 1 N–H and O–H groups in total. The van der Waals surface area contributed by atoms with Crippen LogP contribution in [0.3, 0.4) is 0 Å². The van der Waals surface area contributed by atoms with Gasteiger partial charge in [0.15, 0.2) is 0 Å². The van der Waals surface area contributed by atoms with Crippen molar-refractivity contribution in [1.82, 2.24) is 5.32 Å². The quantitative estimate of drug-likeness (QED) is 0.430. The highest BCUT2D eigenvalue weighted by Crippen LogP contribution is 1.83. The first kappa shape index (κ1) is 11.2. The molecule has 0 aliphatic carbocycles. The lowest BCUT2D eigenvalue weighted by Crippen LogP contribution is -2.27. The van der Waals surface area contributed by atoms with Crippen LogP contribution >= 0.6 is 0 Å². The fourth-order valence-corrected chi connectivity index (χ4v) is 0.821. The molecular formula is C6H10NO4S-. The van der Waals surface area contributed by atoms with Gasteiger partial charge in [-0.05, 0) is 0 Å². The average Bonchev–Trinajstić information content (AvgIpc) is 2.00. The van der Waals surface area contributed by atoms with Gasteiger partial charge < -0.3 is 14.7 Å². The first-order valence-corrected chi connectivity index (χ1v) is 4.67. The van der Waals surface area contributed by atoms with Crippen molar-refractivity contribution in [2.24, 2.45) is 0 Å². The van der Waals surface area contributed by atoms with E-state index in [9.17, 15) is 18.4 Å². The second-order valence-electron chi connectivity index (χ2n) is 2.06. The first-order chi connectivity index (χ1) is 5.66. The fraction of sp³-hybridized carbons (Fsp3) is 0.667. The Bertz CT molecular complexity index is 182. The van der Waals surface area contributed by atoms with Crippen LogP contribution in [0.4, 0.5) is 0 Å². The average molecular weight is 192 g/mol. The van der Waals surface area contributed by atoms with Crippen molar-refractivity contribution in [1.29, 1.82) is 0 Å². The summed E-state index contributed by atoms with van der Waals surface area (Å²) < 4.78 is 20.0. The maximum Gasteiger partial charge on any atom is 0.220 e. The molecule has 70 valence electrons. The number of carbonyl (C=O) groups excluding carboxylic acids is 2. The zero-order valence-electron chi connectivity index (χ0n) is 6.45. The number of aldehydes is 1. The van der Waals surface area contributed by atoms with Crippen molar-refractivity contribution in [3.63, 3.8) is 0 Å². The van der Waals surface area contributed by atoms with E-state index in [0.29, 0.717) is 6.29 Å². The highest BCUT2D eigenvalue weighted by atomic mass is 32.2. The molecule has 0 saturated heterocycles. The molecule has 0 aromatic heterocycles. The minimum atomic E-state index is -2.12. The lowest BCUT2D eigenvalue weighted by molar-refractivity contribution is -0.122. The van der Waals surface area contributed by atoms with Crippen LogP contribution in [0.1, 0.15) is 12.8 Å². The van der Waals surface area contributed by atoms with Crippen molar-refractivity contribution in [2.75, 3.05) is 12.3 Å². The summed E-state index contributed by atoms with van der Waals surface area (Å²) in [6.45, 7) is 0.105.